The molecule has 47 heavy (non-hydrogen) atoms. The van der Waals surface area contributed by atoms with Crippen LogP contribution in [-0.2, 0) is 11.3 Å². The predicted octanol–water partition coefficient (Wildman–Crippen LogP) is 4.02. The van der Waals surface area contributed by atoms with E-state index in [0.717, 1.165) is 29.5 Å². The Morgan fingerprint density at radius 1 is 1.04 bits per heavy atom. The van der Waals surface area contributed by atoms with E-state index >= 15 is 0 Å². The maximum atomic E-state index is 13.6. The normalized spacial score (nSPS) is 16.5. The van der Waals surface area contributed by atoms with Gasteiger partial charge in [0.25, 0.3) is 5.91 Å². The molecule has 1 aromatic carbocycles. The number of pyridine rings is 2. The largest absolute Gasteiger partial charge is 0.493 e. The number of aromatic nitrogens is 4. The Labute approximate surface area is 272 Å². The summed E-state index contributed by atoms with van der Waals surface area (Å²) in [7, 11) is 3.17. The molecule has 4 N–H and O–H groups in total. The lowest BCUT2D eigenvalue weighted by molar-refractivity contribution is 0.0612. The molecule has 0 spiro atoms. The molecular weight excluding hydrogens is 598 g/mol. The van der Waals surface area contributed by atoms with Crippen molar-refractivity contribution in [3.05, 3.63) is 106 Å². The third-order valence-corrected chi connectivity index (χ3v) is 8.30. The summed E-state index contributed by atoms with van der Waals surface area (Å²) in [6, 6.07) is 12.7. The highest BCUT2D eigenvalue weighted by molar-refractivity contribution is 6.04. The van der Waals surface area contributed by atoms with Crippen LogP contribution in [0.1, 0.15) is 40.0 Å². The molecular formula is C35H37N7O5. The van der Waals surface area contributed by atoms with Crippen molar-refractivity contribution in [1.82, 2.24) is 25.1 Å². The van der Waals surface area contributed by atoms with E-state index in [1.54, 1.807) is 51.0 Å². The molecule has 6 rings (SSSR count). The molecule has 1 amide bonds. The number of carbonyl (C=O) groups excluding carboxylic acids is 1. The van der Waals surface area contributed by atoms with Crippen molar-refractivity contribution in [1.29, 1.82) is 0 Å². The molecule has 12 heteroatoms. The van der Waals surface area contributed by atoms with Crippen molar-refractivity contribution in [2.45, 2.75) is 32.5 Å². The lowest BCUT2D eigenvalue weighted by atomic mass is 9.97. The summed E-state index contributed by atoms with van der Waals surface area (Å²) in [4.78, 5) is 31.6. The van der Waals surface area contributed by atoms with Crippen LogP contribution in [0.4, 0.5) is 5.82 Å². The summed E-state index contributed by atoms with van der Waals surface area (Å²) in [6.07, 6.45) is 10.1. The summed E-state index contributed by atoms with van der Waals surface area (Å²) >= 11 is 0. The van der Waals surface area contributed by atoms with E-state index in [0.29, 0.717) is 59.7 Å². The lowest BCUT2D eigenvalue weighted by Crippen LogP contribution is -2.37. The first kappa shape index (κ1) is 31.6. The number of allylic oxidation sites excluding steroid dienone is 2. The molecule has 1 saturated heterocycles. The minimum absolute atomic E-state index is 0.00581. The van der Waals surface area contributed by atoms with E-state index in [1.807, 2.05) is 48.0 Å². The number of ether oxygens (including phenoxy) is 3. The zero-order valence-corrected chi connectivity index (χ0v) is 26.5. The number of nitrogens with one attached hydrogen (secondary N) is 2. The van der Waals surface area contributed by atoms with Gasteiger partial charge in [0.2, 0.25) is 5.43 Å². The Morgan fingerprint density at radius 3 is 2.53 bits per heavy atom. The molecule has 242 valence electrons. The first-order valence-electron chi connectivity index (χ1n) is 15.4. The van der Waals surface area contributed by atoms with Gasteiger partial charge in [-0.2, -0.15) is 0 Å². The highest BCUT2D eigenvalue weighted by atomic mass is 16.5. The summed E-state index contributed by atoms with van der Waals surface area (Å²) < 4.78 is 18.2. The first-order chi connectivity index (χ1) is 22.8. The number of rotatable bonds is 9. The number of nitrogens with zero attached hydrogens (tertiary/aromatic N) is 4. The van der Waals surface area contributed by atoms with E-state index in [1.165, 1.54) is 0 Å². The third kappa shape index (κ3) is 7.08. The van der Waals surface area contributed by atoms with Crippen LogP contribution < -0.4 is 31.3 Å². The molecule has 4 aromatic rings. The van der Waals surface area contributed by atoms with Crippen LogP contribution in [0.5, 0.6) is 11.5 Å². The monoisotopic (exact) mass is 635 g/mol. The van der Waals surface area contributed by atoms with E-state index < -0.39 is 17.5 Å². The SMILES string of the molecule is COc1ccc(C2=CNC(N)C(c3ccc(NC(=O)c4cn(CC5CCOCC5)cc(-c5ccc(C)cn5)c4=O)nn3)=C2)cc1OC. The van der Waals surface area contributed by atoms with Gasteiger partial charge in [-0.1, -0.05) is 12.1 Å². The second-order valence-electron chi connectivity index (χ2n) is 11.6. The van der Waals surface area contributed by atoms with Crippen LogP contribution in [0, 0.1) is 12.8 Å². The smallest absolute Gasteiger partial charge is 0.262 e. The number of nitrogens with two attached hydrogens (primary N) is 1. The number of dihydropyridines is 1. The van der Waals surface area contributed by atoms with Gasteiger partial charge in [0.1, 0.15) is 11.7 Å². The Hall–Kier alpha value is -5.33. The summed E-state index contributed by atoms with van der Waals surface area (Å²) in [5.74, 6) is 1.21. The van der Waals surface area contributed by atoms with Crippen molar-refractivity contribution in [3.63, 3.8) is 0 Å². The van der Waals surface area contributed by atoms with Gasteiger partial charge in [-0.15, -0.1) is 10.2 Å². The Bertz CT molecular complexity index is 1880. The average Bonchev–Trinajstić information content (AvgIpc) is 3.10. The zero-order valence-electron chi connectivity index (χ0n) is 26.5. The van der Waals surface area contributed by atoms with Crippen LogP contribution in [0.2, 0.25) is 0 Å². The lowest BCUT2D eigenvalue weighted by Gasteiger charge is -2.23. The Morgan fingerprint density at radius 2 is 1.83 bits per heavy atom. The van der Waals surface area contributed by atoms with Crippen LogP contribution in [0.3, 0.4) is 0 Å². The topological polar surface area (TPSA) is 156 Å². The van der Waals surface area contributed by atoms with Gasteiger partial charge in [-0.05, 0) is 78.8 Å². The summed E-state index contributed by atoms with van der Waals surface area (Å²) in [6.45, 7) is 3.98. The van der Waals surface area contributed by atoms with E-state index in [2.05, 4.69) is 25.8 Å². The minimum atomic E-state index is -0.583. The van der Waals surface area contributed by atoms with Crippen LogP contribution >= 0.6 is 0 Å². The van der Waals surface area contributed by atoms with E-state index in [4.69, 9.17) is 19.9 Å². The Kier molecular flexibility index (Phi) is 9.41. The molecule has 3 aromatic heterocycles. The quantitative estimate of drug-likeness (QED) is 0.246. The third-order valence-electron chi connectivity index (χ3n) is 8.30. The summed E-state index contributed by atoms with van der Waals surface area (Å²) in [5.41, 5.74) is 10.8. The number of methoxy groups -OCH3 is 2. The van der Waals surface area contributed by atoms with Crippen molar-refractivity contribution in [2.75, 3.05) is 32.8 Å². The van der Waals surface area contributed by atoms with Gasteiger partial charge in [-0.25, -0.2) is 0 Å². The van der Waals surface area contributed by atoms with Gasteiger partial charge < -0.3 is 35.1 Å². The summed E-state index contributed by atoms with van der Waals surface area (Å²) in [5, 5.41) is 14.5. The van der Waals surface area contributed by atoms with Crippen molar-refractivity contribution < 1.29 is 19.0 Å². The molecule has 1 unspecified atom stereocenters. The highest BCUT2D eigenvalue weighted by Crippen LogP contribution is 2.33. The fourth-order valence-electron chi connectivity index (χ4n) is 5.66. The second kappa shape index (κ2) is 14.0. The second-order valence-corrected chi connectivity index (χ2v) is 11.6. The molecule has 0 radical (unpaired) electrons. The predicted molar refractivity (Wildman–Crippen MR) is 179 cm³/mol. The number of anilines is 1. The molecule has 5 heterocycles. The standard InChI is InChI=1S/C35H37N7O5/c1-21-4-6-28(37-16-21)26-19-42(18-22-10-12-47-13-11-22)20-27(33(26)43)35(44)39-32-9-7-29(40-41-32)25-14-24(17-38-34(25)36)23-5-8-30(45-2)31(15-23)46-3/h4-9,14-17,19-20,22,34,38H,10-13,18,36H2,1-3H3,(H,39,41,44). The van der Waals surface area contributed by atoms with Crippen molar-refractivity contribution in [3.8, 4) is 22.8 Å². The van der Waals surface area contributed by atoms with Crippen molar-refractivity contribution in [2.24, 2.45) is 11.7 Å². The van der Waals surface area contributed by atoms with Gasteiger partial charge in [0.15, 0.2) is 17.3 Å². The molecule has 12 nitrogen and oxygen atoms in total. The average molecular weight is 636 g/mol. The van der Waals surface area contributed by atoms with Crippen molar-refractivity contribution >= 4 is 22.9 Å². The zero-order chi connectivity index (χ0) is 32.9. The van der Waals surface area contributed by atoms with Gasteiger partial charge in [0.05, 0.1) is 31.2 Å². The number of carbonyl (C=O) groups is 1. The highest BCUT2D eigenvalue weighted by Gasteiger charge is 2.22. The van der Waals surface area contributed by atoms with Gasteiger partial charge in [0, 0.05) is 50.1 Å². The number of aryl methyl sites for hydroxylation is 1. The van der Waals surface area contributed by atoms with Crippen LogP contribution in [0.25, 0.3) is 22.4 Å². The molecule has 2 aliphatic rings. The maximum absolute atomic E-state index is 13.6. The molecule has 0 bridgehead atoms. The Balaban J connectivity index is 1.24. The molecule has 0 saturated carbocycles. The minimum Gasteiger partial charge on any atom is -0.493 e. The number of benzene rings is 1. The van der Waals surface area contributed by atoms with Crippen LogP contribution in [-0.4, -0.2) is 59.3 Å². The van der Waals surface area contributed by atoms with Crippen LogP contribution in [0.15, 0.2) is 78.1 Å². The first-order valence-corrected chi connectivity index (χ1v) is 15.4. The molecule has 2 aliphatic heterocycles. The van der Waals surface area contributed by atoms with Gasteiger partial charge >= 0.3 is 0 Å². The fraction of sp³-hybridized carbons (Fsp3) is 0.286. The molecule has 1 fully saturated rings. The number of hydrogen-bond donors (Lipinski definition) is 3. The molecule has 1 atom stereocenters. The van der Waals surface area contributed by atoms with Gasteiger partial charge in [-0.3, -0.25) is 14.6 Å². The fourth-order valence-corrected chi connectivity index (χ4v) is 5.66. The number of hydrogen-bond acceptors (Lipinski definition) is 10. The maximum Gasteiger partial charge on any atom is 0.262 e. The van der Waals surface area contributed by atoms with E-state index in [9.17, 15) is 9.59 Å². The number of amides is 1. The van der Waals surface area contributed by atoms with E-state index in [-0.39, 0.29) is 11.4 Å². The molecule has 0 aliphatic carbocycles.